The minimum atomic E-state index is -0.696. The summed E-state index contributed by atoms with van der Waals surface area (Å²) in [6.07, 6.45) is 3.95. The van der Waals surface area contributed by atoms with Gasteiger partial charge in [-0.05, 0) is 32.7 Å². The van der Waals surface area contributed by atoms with E-state index in [0.29, 0.717) is 18.1 Å². The lowest BCUT2D eigenvalue weighted by Crippen LogP contribution is -2.49. The number of hydrogen-bond donors (Lipinski definition) is 2. The normalized spacial score (nSPS) is 30.3. The van der Waals surface area contributed by atoms with Gasteiger partial charge in [0.05, 0.1) is 13.7 Å². The lowest BCUT2D eigenvalue weighted by Gasteiger charge is -2.35. The maximum atomic E-state index is 11.6. The quantitative estimate of drug-likeness (QED) is 0.747. The summed E-state index contributed by atoms with van der Waals surface area (Å²) < 4.78 is 4.39. The molecule has 2 heterocycles. The van der Waals surface area contributed by atoms with Crippen LogP contribution in [0.3, 0.4) is 0 Å². The van der Waals surface area contributed by atoms with Crippen molar-refractivity contribution in [1.82, 2.24) is 15.5 Å². The fraction of sp³-hybridized carbons (Fsp3) is 0.833. The van der Waals surface area contributed by atoms with E-state index in [1.807, 2.05) is 11.9 Å². The van der Waals surface area contributed by atoms with Crippen LogP contribution in [-0.2, 0) is 9.53 Å². The van der Waals surface area contributed by atoms with Gasteiger partial charge < -0.3 is 10.1 Å². The Morgan fingerprint density at radius 2 is 1.94 bits per heavy atom. The van der Waals surface area contributed by atoms with Gasteiger partial charge in [-0.1, -0.05) is 0 Å². The number of ether oxygens (including phenoxy) is 1. The summed E-state index contributed by atoms with van der Waals surface area (Å²) in [6, 6.07) is 1.62. The zero-order valence-electron chi connectivity index (χ0n) is 10.9. The van der Waals surface area contributed by atoms with E-state index in [1.54, 1.807) is 0 Å². The molecule has 0 saturated carbocycles. The second-order valence-corrected chi connectivity index (χ2v) is 5.22. The molecule has 0 radical (unpaired) electrons. The maximum absolute atomic E-state index is 11.6. The molecule has 0 aromatic heterocycles. The number of methoxy groups -OCH3 is 1. The van der Waals surface area contributed by atoms with Crippen molar-refractivity contribution in [1.29, 1.82) is 0 Å². The van der Waals surface area contributed by atoms with Gasteiger partial charge in [-0.2, -0.15) is 0 Å². The number of carbonyl (C=O) groups is 2. The summed E-state index contributed by atoms with van der Waals surface area (Å²) in [6.45, 7) is 0.235. The third kappa shape index (κ3) is 3.20. The van der Waals surface area contributed by atoms with E-state index < -0.39 is 6.09 Å². The molecule has 2 amide bonds. The number of nitrogens with one attached hydrogen (secondary N) is 2. The van der Waals surface area contributed by atoms with Crippen molar-refractivity contribution in [2.24, 2.45) is 0 Å². The number of likely N-dealkylation sites (N-methyl/N-ethyl adjacent to an activating group) is 1. The molecule has 0 aliphatic carbocycles. The lowest BCUT2D eigenvalue weighted by atomic mass is 9.98. The van der Waals surface area contributed by atoms with Crippen molar-refractivity contribution >= 4 is 12.0 Å². The topological polar surface area (TPSA) is 70.7 Å². The molecule has 2 saturated heterocycles. The van der Waals surface area contributed by atoms with Gasteiger partial charge in [0.15, 0.2) is 0 Å². The van der Waals surface area contributed by atoms with E-state index in [1.165, 1.54) is 20.0 Å². The number of imide groups is 1. The molecule has 2 bridgehead atoms. The summed E-state index contributed by atoms with van der Waals surface area (Å²) in [5.41, 5.74) is 0. The summed E-state index contributed by atoms with van der Waals surface area (Å²) in [5, 5.41) is 5.75. The summed E-state index contributed by atoms with van der Waals surface area (Å²) in [7, 11) is 3.18. The van der Waals surface area contributed by atoms with Crippen LogP contribution in [0.15, 0.2) is 0 Å². The van der Waals surface area contributed by atoms with Crippen LogP contribution in [0.1, 0.15) is 25.7 Å². The van der Waals surface area contributed by atoms with Crippen molar-refractivity contribution in [3.05, 3.63) is 0 Å². The molecular weight excluding hydrogens is 234 g/mol. The van der Waals surface area contributed by atoms with Gasteiger partial charge in [0.25, 0.3) is 0 Å². The molecule has 2 fully saturated rings. The summed E-state index contributed by atoms with van der Waals surface area (Å²) in [5.74, 6) is -0.310. The fourth-order valence-electron chi connectivity index (χ4n) is 2.95. The average Bonchev–Trinajstić information content (AvgIpc) is 2.67. The van der Waals surface area contributed by atoms with E-state index in [9.17, 15) is 9.59 Å². The third-order valence-electron chi connectivity index (χ3n) is 3.89. The molecule has 2 atom stereocenters. The van der Waals surface area contributed by atoms with Gasteiger partial charge in [0, 0.05) is 18.1 Å². The zero-order chi connectivity index (χ0) is 13.1. The number of rotatable bonds is 3. The molecule has 0 aromatic rings. The minimum Gasteiger partial charge on any atom is -0.453 e. The number of alkyl carbamates (subject to hydrolysis) is 1. The van der Waals surface area contributed by atoms with Crippen LogP contribution < -0.4 is 10.6 Å². The predicted octanol–water partition coefficient (Wildman–Crippen LogP) is 0.0838. The van der Waals surface area contributed by atoms with Gasteiger partial charge in [-0.15, -0.1) is 0 Å². The Bertz CT molecular complexity index is 323. The Hall–Kier alpha value is -1.14. The number of piperidine rings is 1. The highest BCUT2D eigenvalue weighted by atomic mass is 16.5. The van der Waals surface area contributed by atoms with Crippen LogP contribution in [0, 0.1) is 0 Å². The SMILES string of the molecule is COC(=O)NC(=O)CN(C)C1CC2CCC(C1)N2. The first kappa shape index (κ1) is 13.3. The van der Waals surface area contributed by atoms with Crippen molar-refractivity contribution in [2.75, 3.05) is 20.7 Å². The van der Waals surface area contributed by atoms with Crippen LogP contribution in [0.25, 0.3) is 0 Å². The highest BCUT2D eigenvalue weighted by Gasteiger charge is 2.35. The second-order valence-electron chi connectivity index (χ2n) is 5.22. The first-order chi connectivity index (χ1) is 8.58. The lowest BCUT2D eigenvalue weighted by molar-refractivity contribution is -0.121. The van der Waals surface area contributed by atoms with E-state index in [-0.39, 0.29) is 12.5 Å². The average molecular weight is 255 g/mol. The van der Waals surface area contributed by atoms with Gasteiger partial charge in [-0.3, -0.25) is 15.0 Å². The van der Waals surface area contributed by atoms with Crippen molar-refractivity contribution in [2.45, 2.75) is 43.8 Å². The molecular formula is C12H21N3O3. The molecule has 2 N–H and O–H groups in total. The highest BCUT2D eigenvalue weighted by Crippen LogP contribution is 2.28. The molecule has 2 rings (SSSR count). The number of hydrogen-bond acceptors (Lipinski definition) is 5. The number of amides is 2. The van der Waals surface area contributed by atoms with Crippen LogP contribution in [0.5, 0.6) is 0 Å². The Morgan fingerprint density at radius 3 is 2.50 bits per heavy atom. The van der Waals surface area contributed by atoms with Crippen LogP contribution in [-0.4, -0.2) is 55.7 Å². The molecule has 2 aliphatic rings. The molecule has 102 valence electrons. The highest BCUT2D eigenvalue weighted by molar-refractivity contribution is 5.92. The van der Waals surface area contributed by atoms with Gasteiger partial charge >= 0.3 is 6.09 Å². The van der Waals surface area contributed by atoms with E-state index in [4.69, 9.17) is 0 Å². The van der Waals surface area contributed by atoms with E-state index >= 15 is 0 Å². The van der Waals surface area contributed by atoms with Crippen LogP contribution in [0.2, 0.25) is 0 Å². The Morgan fingerprint density at radius 1 is 1.33 bits per heavy atom. The second kappa shape index (κ2) is 5.67. The van der Waals surface area contributed by atoms with Crippen LogP contribution in [0.4, 0.5) is 4.79 Å². The van der Waals surface area contributed by atoms with Crippen molar-refractivity contribution in [3.8, 4) is 0 Å². The number of fused-ring (bicyclic) bond motifs is 2. The first-order valence-electron chi connectivity index (χ1n) is 6.42. The molecule has 6 nitrogen and oxygen atoms in total. The number of carbonyl (C=O) groups excluding carboxylic acids is 2. The first-order valence-corrected chi connectivity index (χ1v) is 6.42. The van der Waals surface area contributed by atoms with Crippen LogP contribution >= 0.6 is 0 Å². The standard InChI is InChI=1S/C12H21N3O3/c1-15(7-11(16)14-12(17)18-2)10-5-8-3-4-9(6-10)13-8/h8-10,13H,3-7H2,1-2H3,(H,14,16,17). The third-order valence-corrected chi connectivity index (χ3v) is 3.89. The molecule has 0 aromatic carbocycles. The predicted molar refractivity (Wildman–Crippen MR) is 66.1 cm³/mol. The molecule has 2 unspecified atom stereocenters. The van der Waals surface area contributed by atoms with E-state index in [2.05, 4.69) is 15.4 Å². The Labute approximate surface area is 107 Å². The van der Waals surface area contributed by atoms with Gasteiger partial charge in [0.1, 0.15) is 0 Å². The van der Waals surface area contributed by atoms with Crippen molar-refractivity contribution < 1.29 is 14.3 Å². The van der Waals surface area contributed by atoms with Crippen molar-refractivity contribution in [3.63, 3.8) is 0 Å². The molecule has 0 spiro atoms. The smallest absolute Gasteiger partial charge is 0.413 e. The molecule has 18 heavy (non-hydrogen) atoms. The van der Waals surface area contributed by atoms with E-state index in [0.717, 1.165) is 12.8 Å². The zero-order valence-corrected chi connectivity index (χ0v) is 10.9. The Balaban J connectivity index is 1.79. The Kier molecular flexibility index (Phi) is 4.19. The fourth-order valence-corrected chi connectivity index (χ4v) is 2.95. The van der Waals surface area contributed by atoms with Gasteiger partial charge in [-0.25, -0.2) is 4.79 Å². The largest absolute Gasteiger partial charge is 0.453 e. The van der Waals surface area contributed by atoms with Gasteiger partial charge in [0.2, 0.25) is 5.91 Å². The number of nitrogens with zero attached hydrogens (tertiary/aromatic N) is 1. The molecule has 2 aliphatic heterocycles. The monoisotopic (exact) mass is 255 g/mol. The summed E-state index contributed by atoms with van der Waals surface area (Å²) >= 11 is 0. The summed E-state index contributed by atoms with van der Waals surface area (Å²) in [4.78, 5) is 24.5. The molecule has 6 heteroatoms. The minimum absolute atomic E-state index is 0.235. The maximum Gasteiger partial charge on any atom is 0.413 e.